The minimum Gasteiger partial charge on any atom is -0.504 e. The van der Waals surface area contributed by atoms with Crippen LogP contribution >= 0.6 is 0 Å². The van der Waals surface area contributed by atoms with E-state index < -0.39 is 0 Å². The predicted octanol–water partition coefficient (Wildman–Crippen LogP) is 5.53. The first-order chi connectivity index (χ1) is 13.5. The van der Waals surface area contributed by atoms with E-state index in [0.29, 0.717) is 0 Å². The average molecular weight is 464 g/mol. The molecular weight excluding hydrogens is 443 g/mol. The molecule has 0 unspecified atom stereocenters. The first kappa shape index (κ1) is 22.3. The summed E-state index contributed by atoms with van der Waals surface area (Å²) < 4.78 is 0. The summed E-state index contributed by atoms with van der Waals surface area (Å²) in [7, 11) is 0. The van der Waals surface area contributed by atoms with E-state index in [1.807, 2.05) is 60.7 Å². The number of phenolic OH excluding ortho intramolecular Hbond substituents is 4. The van der Waals surface area contributed by atoms with Crippen LogP contribution in [0.5, 0.6) is 23.0 Å². The van der Waals surface area contributed by atoms with Crippen LogP contribution in [0.2, 0.25) is 0 Å². The fourth-order valence-electron chi connectivity index (χ4n) is 2.67. The van der Waals surface area contributed by atoms with Crippen molar-refractivity contribution in [2.24, 2.45) is 0 Å². The maximum Gasteiger partial charge on any atom is 0.158 e. The zero-order valence-electron chi connectivity index (χ0n) is 15.5. The van der Waals surface area contributed by atoms with E-state index in [1.165, 1.54) is 12.1 Å². The summed E-state index contributed by atoms with van der Waals surface area (Å²) in [5.74, 6) is -0.368. The van der Waals surface area contributed by atoms with Gasteiger partial charge in [0.05, 0.1) is 0 Å². The van der Waals surface area contributed by atoms with Crippen LogP contribution in [0.25, 0.3) is 22.3 Å². The molecule has 0 heterocycles. The van der Waals surface area contributed by atoms with Crippen LogP contribution in [0, 0.1) is 0 Å². The fourth-order valence-corrected chi connectivity index (χ4v) is 2.67. The molecule has 4 rings (SSSR count). The molecule has 4 N–H and O–H groups in total. The molecule has 4 aromatic rings. The molecule has 0 aliphatic rings. The molecule has 144 valence electrons. The number of hydrogen-bond acceptors (Lipinski definition) is 4. The first-order valence-corrected chi connectivity index (χ1v) is 8.69. The number of rotatable bonds is 2. The van der Waals surface area contributed by atoms with Crippen LogP contribution in [-0.4, -0.2) is 20.4 Å². The standard InChI is InChI=1S/2C12H10O2.Zr/c2*13-11-7-6-10(8-12(11)14)9-4-2-1-3-5-9;/h2*1-8,13-14H;. The summed E-state index contributed by atoms with van der Waals surface area (Å²) >= 11 is 0. The second-order valence-electron chi connectivity index (χ2n) is 6.14. The van der Waals surface area contributed by atoms with Gasteiger partial charge >= 0.3 is 0 Å². The van der Waals surface area contributed by atoms with Gasteiger partial charge in [-0.25, -0.2) is 0 Å². The van der Waals surface area contributed by atoms with Gasteiger partial charge in [-0.1, -0.05) is 72.8 Å². The fraction of sp³-hybridized carbons (Fsp3) is 0. The van der Waals surface area contributed by atoms with Crippen molar-refractivity contribution in [2.75, 3.05) is 0 Å². The third kappa shape index (κ3) is 5.97. The van der Waals surface area contributed by atoms with Gasteiger partial charge in [0.2, 0.25) is 0 Å². The molecule has 0 fully saturated rings. The smallest absolute Gasteiger partial charge is 0.158 e. The quantitative estimate of drug-likeness (QED) is 0.295. The van der Waals surface area contributed by atoms with Crippen LogP contribution in [0.3, 0.4) is 0 Å². The summed E-state index contributed by atoms with van der Waals surface area (Å²) in [5.41, 5.74) is 3.81. The third-order valence-electron chi connectivity index (χ3n) is 4.17. The molecule has 0 saturated carbocycles. The molecule has 29 heavy (non-hydrogen) atoms. The Morgan fingerprint density at radius 1 is 0.345 bits per heavy atom. The van der Waals surface area contributed by atoms with E-state index in [-0.39, 0.29) is 49.2 Å². The molecule has 0 aromatic heterocycles. The van der Waals surface area contributed by atoms with Crippen molar-refractivity contribution in [3.63, 3.8) is 0 Å². The molecule has 5 heteroatoms. The van der Waals surface area contributed by atoms with Crippen molar-refractivity contribution in [1.82, 2.24) is 0 Å². The second kappa shape index (κ2) is 10.5. The second-order valence-corrected chi connectivity index (χ2v) is 6.14. The summed E-state index contributed by atoms with van der Waals surface area (Å²) in [5, 5.41) is 36.9. The Kier molecular flexibility index (Phi) is 8.05. The molecule has 0 atom stereocenters. The summed E-state index contributed by atoms with van der Waals surface area (Å²) in [4.78, 5) is 0. The summed E-state index contributed by atoms with van der Waals surface area (Å²) in [6, 6.07) is 29.0. The van der Waals surface area contributed by atoms with Crippen molar-refractivity contribution < 1.29 is 46.6 Å². The SMILES string of the molecule is Oc1ccc(-c2ccccc2)cc1O.Oc1ccc(-c2ccccc2)cc1O.[Zr]. The molecule has 4 nitrogen and oxygen atoms in total. The molecule has 0 saturated heterocycles. The Bertz CT molecular complexity index is 964. The van der Waals surface area contributed by atoms with Gasteiger partial charge < -0.3 is 20.4 Å². The largest absolute Gasteiger partial charge is 0.504 e. The van der Waals surface area contributed by atoms with E-state index in [4.69, 9.17) is 10.2 Å². The molecule has 0 spiro atoms. The van der Waals surface area contributed by atoms with Gasteiger partial charge in [-0.3, -0.25) is 0 Å². The topological polar surface area (TPSA) is 80.9 Å². The Balaban J connectivity index is 0.000000200. The van der Waals surface area contributed by atoms with E-state index in [1.54, 1.807) is 24.3 Å². The zero-order valence-corrected chi connectivity index (χ0v) is 18.0. The molecule has 0 radical (unpaired) electrons. The van der Waals surface area contributed by atoms with Gasteiger partial charge in [0.15, 0.2) is 23.0 Å². The Labute approximate surface area is 188 Å². The minimum absolute atomic E-state index is 0. The van der Waals surface area contributed by atoms with E-state index in [0.717, 1.165) is 22.3 Å². The normalized spacial score (nSPS) is 9.66. The van der Waals surface area contributed by atoms with Gasteiger partial charge in [-0.05, 0) is 46.5 Å². The zero-order chi connectivity index (χ0) is 19.9. The Morgan fingerprint density at radius 3 is 1.00 bits per heavy atom. The number of aromatic hydroxyl groups is 4. The monoisotopic (exact) mass is 462 g/mol. The van der Waals surface area contributed by atoms with E-state index in [2.05, 4.69) is 0 Å². The number of benzene rings is 4. The van der Waals surface area contributed by atoms with Crippen molar-refractivity contribution in [3.05, 3.63) is 97.1 Å². The summed E-state index contributed by atoms with van der Waals surface area (Å²) in [6.07, 6.45) is 0. The molecule has 0 aliphatic carbocycles. The van der Waals surface area contributed by atoms with Gasteiger partial charge in [-0.2, -0.15) is 0 Å². The number of hydrogen-bond donors (Lipinski definition) is 4. The van der Waals surface area contributed by atoms with Crippen LogP contribution in [0.15, 0.2) is 97.1 Å². The molecule has 4 aromatic carbocycles. The molecular formula is C24H20O4Zr. The average Bonchev–Trinajstić information content (AvgIpc) is 2.74. The third-order valence-corrected chi connectivity index (χ3v) is 4.17. The Hall–Kier alpha value is -3.04. The van der Waals surface area contributed by atoms with Crippen molar-refractivity contribution in [2.45, 2.75) is 0 Å². The van der Waals surface area contributed by atoms with Crippen molar-refractivity contribution >= 4 is 0 Å². The van der Waals surface area contributed by atoms with Gasteiger partial charge in [0, 0.05) is 26.2 Å². The molecule has 0 bridgehead atoms. The number of phenols is 4. The van der Waals surface area contributed by atoms with Crippen LogP contribution in [-0.2, 0) is 26.2 Å². The van der Waals surface area contributed by atoms with Gasteiger partial charge in [0.1, 0.15) is 0 Å². The van der Waals surface area contributed by atoms with Gasteiger partial charge in [0.25, 0.3) is 0 Å². The molecule has 0 aliphatic heterocycles. The van der Waals surface area contributed by atoms with Crippen molar-refractivity contribution in [3.8, 4) is 45.3 Å². The van der Waals surface area contributed by atoms with Crippen molar-refractivity contribution in [1.29, 1.82) is 0 Å². The first-order valence-electron chi connectivity index (χ1n) is 8.69. The summed E-state index contributed by atoms with van der Waals surface area (Å²) in [6.45, 7) is 0. The minimum atomic E-state index is -0.0929. The Morgan fingerprint density at radius 2 is 0.690 bits per heavy atom. The van der Waals surface area contributed by atoms with Crippen LogP contribution < -0.4 is 0 Å². The maximum absolute atomic E-state index is 9.31. The van der Waals surface area contributed by atoms with Crippen LogP contribution in [0.4, 0.5) is 0 Å². The van der Waals surface area contributed by atoms with E-state index in [9.17, 15) is 10.2 Å². The maximum atomic E-state index is 9.31. The van der Waals surface area contributed by atoms with Crippen LogP contribution in [0.1, 0.15) is 0 Å². The van der Waals surface area contributed by atoms with E-state index >= 15 is 0 Å². The molecule has 0 amide bonds. The van der Waals surface area contributed by atoms with Gasteiger partial charge in [-0.15, -0.1) is 0 Å². The predicted molar refractivity (Wildman–Crippen MR) is 110 cm³/mol.